The number of nitrogens with one attached hydrogen (secondary N) is 1. The number of esters is 1. The minimum absolute atomic E-state index is 0.256. The minimum Gasteiger partial charge on any atom is -0.467 e. The van der Waals surface area contributed by atoms with Gasteiger partial charge in [-0.15, -0.1) is 0 Å². The molecule has 0 aliphatic carbocycles. The Kier molecular flexibility index (Phi) is 4.35. The largest absolute Gasteiger partial charge is 0.467 e. The number of methoxy groups -OCH3 is 1. The summed E-state index contributed by atoms with van der Waals surface area (Å²) in [5, 5.41) is 3.14. The highest BCUT2D eigenvalue weighted by atomic mass is 19.1. The van der Waals surface area contributed by atoms with Crippen molar-refractivity contribution in [1.29, 1.82) is 0 Å². The average Bonchev–Trinajstić information content (AvgIpc) is 2.46. The second-order valence-corrected chi connectivity index (χ2v) is 4.90. The molecule has 1 N–H and O–H groups in total. The number of piperazine rings is 1. The van der Waals surface area contributed by atoms with Crippen molar-refractivity contribution in [2.75, 3.05) is 33.3 Å². The molecule has 20 heavy (non-hydrogen) atoms. The van der Waals surface area contributed by atoms with Crippen molar-refractivity contribution in [1.82, 2.24) is 10.2 Å². The van der Waals surface area contributed by atoms with Crippen molar-refractivity contribution in [3.8, 4) is 0 Å². The first-order valence-corrected chi connectivity index (χ1v) is 6.50. The Labute approximate surface area is 116 Å². The van der Waals surface area contributed by atoms with Gasteiger partial charge in [0.1, 0.15) is 17.2 Å². The van der Waals surface area contributed by atoms with E-state index < -0.39 is 23.1 Å². The molecule has 110 valence electrons. The molecule has 1 atom stereocenters. The number of rotatable bonds is 3. The molecular weight excluding hydrogens is 266 g/mol. The molecule has 1 heterocycles. The van der Waals surface area contributed by atoms with Crippen LogP contribution >= 0.6 is 0 Å². The van der Waals surface area contributed by atoms with Gasteiger partial charge in [0.25, 0.3) is 0 Å². The number of halogens is 2. The molecule has 1 unspecified atom stereocenters. The third-order valence-corrected chi connectivity index (χ3v) is 3.78. The highest BCUT2D eigenvalue weighted by Crippen LogP contribution is 2.33. The summed E-state index contributed by atoms with van der Waals surface area (Å²) in [5.74, 6) is -2.14. The summed E-state index contributed by atoms with van der Waals surface area (Å²) >= 11 is 0. The summed E-state index contributed by atoms with van der Waals surface area (Å²) in [4.78, 5) is 14.0. The maximum atomic E-state index is 14.1. The van der Waals surface area contributed by atoms with E-state index in [2.05, 4.69) is 5.32 Å². The lowest BCUT2D eigenvalue weighted by atomic mass is 9.88. The smallest absolute Gasteiger partial charge is 0.330 e. The zero-order chi connectivity index (χ0) is 14.8. The van der Waals surface area contributed by atoms with Crippen molar-refractivity contribution in [3.63, 3.8) is 0 Å². The van der Waals surface area contributed by atoms with Gasteiger partial charge in [0.15, 0.2) is 0 Å². The molecule has 0 aromatic heterocycles. The fourth-order valence-corrected chi connectivity index (χ4v) is 2.66. The fraction of sp³-hybridized carbons (Fsp3) is 0.500. The lowest BCUT2D eigenvalue weighted by molar-refractivity contribution is -0.156. The third-order valence-electron chi connectivity index (χ3n) is 3.78. The van der Waals surface area contributed by atoms with Crippen molar-refractivity contribution in [2.24, 2.45) is 0 Å². The first-order valence-electron chi connectivity index (χ1n) is 6.50. The summed E-state index contributed by atoms with van der Waals surface area (Å²) < 4.78 is 33.0. The van der Waals surface area contributed by atoms with Crippen LogP contribution in [0.4, 0.5) is 8.78 Å². The molecule has 6 heteroatoms. The van der Waals surface area contributed by atoms with Gasteiger partial charge in [-0.2, -0.15) is 0 Å². The molecule has 0 amide bonds. The number of benzene rings is 1. The zero-order valence-electron chi connectivity index (χ0n) is 11.6. The van der Waals surface area contributed by atoms with Gasteiger partial charge < -0.3 is 10.1 Å². The first kappa shape index (κ1) is 14.9. The Morgan fingerprint density at radius 2 is 1.85 bits per heavy atom. The van der Waals surface area contributed by atoms with Crippen molar-refractivity contribution < 1.29 is 18.3 Å². The summed E-state index contributed by atoms with van der Waals surface area (Å²) in [5.41, 5.74) is -1.72. The number of carbonyl (C=O) groups excluding carboxylic acids is 1. The molecule has 1 aliphatic rings. The van der Waals surface area contributed by atoms with Crippen LogP contribution in [0.3, 0.4) is 0 Å². The molecule has 1 aromatic carbocycles. The average molecular weight is 284 g/mol. The Morgan fingerprint density at radius 3 is 2.35 bits per heavy atom. The number of ether oxygens (including phenoxy) is 1. The quantitative estimate of drug-likeness (QED) is 0.849. The predicted molar refractivity (Wildman–Crippen MR) is 70.2 cm³/mol. The van der Waals surface area contributed by atoms with E-state index in [4.69, 9.17) is 4.74 Å². The number of carbonyl (C=O) groups is 1. The van der Waals surface area contributed by atoms with Crippen LogP contribution in [0.15, 0.2) is 18.2 Å². The number of hydrogen-bond donors (Lipinski definition) is 1. The molecular formula is C14H18F2N2O2. The van der Waals surface area contributed by atoms with Crippen LogP contribution in [0.25, 0.3) is 0 Å². The minimum atomic E-state index is -1.47. The van der Waals surface area contributed by atoms with E-state index in [9.17, 15) is 13.6 Å². The van der Waals surface area contributed by atoms with E-state index in [-0.39, 0.29) is 5.56 Å². The standard InChI is InChI=1S/C14H18F2N2O2/c1-14(13(19)20-2,18-8-6-17-7-9-18)12-10(15)4-3-5-11(12)16/h3-5,17H,6-9H2,1-2H3. The lowest BCUT2D eigenvalue weighted by Crippen LogP contribution is -2.57. The highest BCUT2D eigenvalue weighted by molar-refractivity contribution is 5.82. The van der Waals surface area contributed by atoms with Gasteiger partial charge in [-0.3, -0.25) is 4.90 Å². The Balaban J connectivity index is 2.54. The molecule has 0 bridgehead atoms. The molecule has 2 rings (SSSR count). The number of hydrogen-bond acceptors (Lipinski definition) is 4. The Bertz CT molecular complexity index is 484. The van der Waals surface area contributed by atoms with E-state index in [1.807, 2.05) is 0 Å². The monoisotopic (exact) mass is 284 g/mol. The van der Waals surface area contributed by atoms with Crippen LogP contribution in [0.5, 0.6) is 0 Å². The maximum Gasteiger partial charge on any atom is 0.330 e. The van der Waals surface area contributed by atoms with E-state index in [0.717, 1.165) is 12.1 Å². The zero-order valence-corrected chi connectivity index (χ0v) is 11.6. The van der Waals surface area contributed by atoms with Gasteiger partial charge >= 0.3 is 5.97 Å². The van der Waals surface area contributed by atoms with Crippen LogP contribution in [-0.4, -0.2) is 44.2 Å². The molecule has 0 saturated carbocycles. The predicted octanol–water partition coefficient (Wildman–Crippen LogP) is 1.26. The van der Waals surface area contributed by atoms with Crippen molar-refractivity contribution >= 4 is 5.97 Å². The van der Waals surface area contributed by atoms with Crippen LogP contribution in [0.1, 0.15) is 12.5 Å². The van der Waals surface area contributed by atoms with Gasteiger partial charge in [-0.25, -0.2) is 13.6 Å². The molecule has 1 fully saturated rings. The van der Waals surface area contributed by atoms with Crippen molar-refractivity contribution in [2.45, 2.75) is 12.5 Å². The SMILES string of the molecule is COC(=O)C(C)(c1c(F)cccc1F)N1CCNCC1. The van der Waals surface area contributed by atoms with Gasteiger partial charge in [0.2, 0.25) is 0 Å². The van der Waals surface area contributed by atoms with Gasteiger partial charge in [-0.1, -0.05) is 6.07 Å². The van der Waals surface area contributed by atoms with E-state index >= 15 is 0 Å². The maximum absolute atomic E-state index is 14.1. The third kappa shape index (κ3) is 2.41. The van der Waals surface area contributed by atoms with Crippen LogP contribution in [-0.2, 0) is 15.1 Å². The normalized spacial score (nSPS) is 19.4. The molecule has 1 aromatic rings. The summed E-state index contributed by atoms with van der Waals surface area (Å²) in [6, 6.07) is 3.59. The summed E-state index contributed by atoms with van der Waals surface area (Å²) in [7, 11) is 1.22. The first-order chi connectivity index (χ1) is 9.51. The van der Waals surface area contributed by atoms with Gasteiger partial charge in [-0.05, 0) is 19.1 Å². The molecule has 1 aliphatic heterocycles. The topological polar surface area (TPSA) is 41.6 Å². The Morgan fingerprint density at radius 1 is 1.30 bits per heavy atom. The number of nitrogens with zero attached hydrogens (tertiary/aromatic N) is 1. The molecule has 4 nitrogen and oxygen atoms in total. The van der Waals surface area contributed by atoms with Crippen LogP contribution in [0.2, 0.25) is 0 Å². The molecule has 1 saturated heterocycles. The molecule has 0 spiro atoms. The summed E-state index contributed by atoms with van der Waals surface area (Å²) in [6.45, 7) is 3.84. The summed E-state index contributed by atoms with van der Waals surface area (Å²) in [6.07, 6.45) is 0. The van der Waals surface area contributed by atoms with Crippen LogP contribution in [0, 0.1) is 11.6 Å². The lowest BCUT2D eigenvalue weighted by Gasteiger charge is -2.41. The fourth-order valence-electron chi connectivity index (χ4n) is 2.66. The van der Waals surface area contributed by atoms with E-state index in [1.165, 1.54) is 20.1 Å². The van der Waals surface area contributed by atoms with Crippen LogP contribution < -0.4 is 5.32 Å². The second-order valence-electron chi connectivity index (χ2n) is 4.90. The highest BCUT2D eigenvalue weighted by Gasteiger charge is 2.46. The van der Waals surface area contributed by atoms with Crippen molar-refractivity contribution in [3.05, 3.63) is 35.4 Å². The second kappa shape index (κ2) is 5.85. The van der Waals surface area contributed by atoms with Gasteiger partial charge in [0.05, 0.1) is 12.7 Å². The Hall–Kier alpha value is -1.53. The molecule has 0 radical (unpaired) electrons. The van der Waals surface area contributed by atoms with E-state index in [1.54, 1.807) is 4.90 Å². The van der Waals surface area contributed by atoms with E-state index in [0.29, 0.717) is 26.2 Å². The van der Waals surface area contributed by atoms with Gasteiger partial charge in [0, 0.05) is 26.2 Å².